The SMILES string of the molecule is Cc1nc(Nc2ncc(C(=O)Nc3ccc(Br)cc3F)s2)cc(N2CCN(CCO)CC2)n1. The van der Waals surface area contributed by atoms with Crippen LogP contribution in [-0.4, -0.2) is 70.2 Å². The van der Waals surface area contributed by atoms with E-state index in [1.807, 2.05) is 13.0 Å². The van der Waals surface area contributed by atoms with Gasteiger partial charge in [0.25, 0.3) is 5.91 Å². The first-order valence-electron chi connectivity index (χ1n) is 10.3. The van der Waals surface area contributed by atoms with E-state index in [1.54, 1.807) is 6.07 Å². The van der Waals surface area contributed by atoms with Gasteiger partial charge in [-0.15, -0.1) is 0 Å². The van der Waals surface area contributed by atoms with Crippen LogP contribution in [0.4, 0.5) is 26.8 Å². The maximum atomic E-state index is 14.0. The Morgan fingerprint density at radius 2 is 2.03 bits per heavy atom. The van der Waals surface area contributed by atoms with Crippen LogP contribution in [0.1, 0.15) is 15.5 Å². The molecule has 1 saturated heterocycles. The minimum absolute atomic E-state index is 0.0984. The summed E-state index contributed by atoms with van der Waals surface area (Å²) in [6.45, 7) is 6.00. The number of hydrogen-bond donors (Lipinski definition) is 3. The van der Waals surface area contributed by atoms with Crippen LogP contribution in [0.15, 0.2) is 34.9 Å². The summed E-state index contributed by atoms with van der Waals surface area (Å²) in [5, 5.41) is 15.3. The number of piperazine rings is 1. The molecule has 0 atom stereocenters. The molecule has 2 aromatic heterocycles. The Labute approximate surface area is 202 Å². The number of amides is 1. The second kappa shape index (κ2) is 10.5. The van der Waals surface area contributed by atoms with Crippen molar-refractivity contribution in [2.45, 2.75) is 6.92 Å². The lowest BCUT2D eigenvalue weighted by molar-refractivity contribution is 0.103. The highest BCUT2D eigenvalue weighted by Gasteiger charge is 2.19. The van der Waals surface area contributed by atoms with Crippen molar-refractivity contribution in [1.29, 1.82) is 0 Å². The van der Waals surface area contributed by atoms with Crippen LogP contribution in [0, 0.1) is 12.7 Å². The Hall–Kier alpha value is -2.67. The summed E-state index contributed by atoms with van der Waals surface area (Å²) in [4.78, 5) is 30.5. The number of benzene rings is 1. The molecule has 9 nitrogen and oxygen atoms in total. The van der Waals surface area contributed by atoms with Crippen LogP contribution < -0.4 is 15.5 Å². The van der Waals surface area contributed by atoms with Crippen molar-refractivity contribution in [1.82, 2.24) is 19.9 Å². The number of carbonyl (C=O) groups excluding carboxylic acids is 1. The molecule has 0 saturated carbocycles. The van der Waals surface area contributed by atoms with Gasteiger partial charge in [0.05, 0.1) is 18.5 Å². The first kappa shape index (κ1) is 23.5. The molecule has 0 aliphatic carbocycles. The number of hydrogen-bond acceptors (Lipinski definition) is 9. The summed E-state index contributed by atoms with van der Waals surface area (Å²) in [5.74, 6) is 1.04. The van der Waals surface area contributed by atoms with Gasteiger partial charge < -0.3 is 20.6 Å². The maximum Gasteiger partial charge on any atom is 0.267 e. The summed E-state index contributed by atoms with van der Waals surface area (Å²) in [6.07, 6.45) is 1.44. The molecule has 174 valence electrons. The molecule has 3 N–H and O–H groups in total. The number of nitrogens with zero attached hydrogens (tertiary/aromatic N) is 5. The molecular weight excluding hydrogens is 513 g/mol. The van der Waals surface area contributed by atoms with Gasteiger partial charge in [0.1, 0.15) is 28.2 Å². The number of anilines is 4. The Balaban J connectivity index is 1.42. The lowest BCUT2D eigenvalue weighted by atomic mass is 10.3. The van der Waals surface area contributed by atoms with Crippen LogP contribution in [-0.2, 0) is 0 Å². The second-order valence-electron chi connectivity index (χ2n) is 7.44. The zero-order chi connectivity index (χ0) is 23.4. The molecule has 12 heteroatoms. The lowest BCUT2D eigenvalue weighted by Crippen LogP contribution is -2.47. The molecule has 0 unspecified atom stereocenters. The number of aryl methyl sites for hydroxylation is 1. The molecule has 0 bridgehead atoms. The average molecular weight is 536 g/mol. The number of aromatic nitrogens is 3. The summed E-state index contributed by atoms with van der Waals surface area (Å²) in [7, 11) is 0. The zero-order valence-electron chi connectivity index (χ0n) is 17.9. The first-order valence-corrected chi connectivity index (χ1v) is 12.0. The third-order valence-electron chi connectivity index (χ3n) is 5.08. The van der Waals surface area contributed by atoms with Crippen molar-refractivity contribution >= 4 is 55.6 Å². The zero-order valence-corrected chi connectivity index (χ0v) is 20.3. The van der Waals surface area contributed by atoms with Gasteiger partial charge in [0.2, 0.25) is 0 Å². The van der Waals surface area contributed by atoms with E-state index in [0.717, 1.165) is 43.3 Å². The summed E-state index contributed by atoms with van der Waals surface area (Å²) in [6, 6.07) is 6.29. The molecule has 1 aliphatic rings. The highest BCUT2D eigenvalue weighted by atomic mass is 79.9. The van der Waals surface area contributed by atoms with E-state index in [2.05, 4.69) is 51.3 Å². The Morgan fingerprint density at radius 3 is 2.76 bits per heavy atom. The number of rotatable bonds is 7. The van der Waals surface area contributed by atoms with Crippen molar-refractivity contribution in [3.63, 3.8) is 0 Å². The molecule has 3 heterocycles. The van der Waals surface area contributed by atoms with Gasteiger partial charge in [0.15, 0.2) is 5.13 Å². The number of nitrogens with one attached hydrogen (secondary N) is 2. The lowest BCUT2D eigenvalue weighted by Gasteiger charge is -2.35. The van der Waals surface area contributed by atoms with E-state index in [1.165, 1.54) is 18.3 Å². The van der Waals surface area contributed by atoms with Gasteiger partial charge in [-0.3, -0.25) is 9.69 Å². The van der Waals surface area contributed by atoms with E-state index < -0.39 is 11.7 Å². The molecule has 0 radical (unpaired) electrons. The second-order valence-corrected chi connectivity index (χ2v) is 9.39. The van der Waals surface area contributed by atoms with Gasteiger partial charge in [-0.1, -0.05) is 27.3 Å². The molecule has 1 aromatic carbocycles. The molecular formula is C21H23BrFN7O2S. The minimum Gasteiger partial charge on any atom is -0.395 e. The summed E-state index contributed by atoms with van der Waals surface area (Å²) in [5.41, 5.74) is 0.0984. The van der Waals surface area contributed by atoms with Crippen LogP contribution in [0.3, 0.4) is 0 Å². The van der Waals surface area contributed by atoms with E-state index in [-0.39, 0.29) is 12.3 Å². The molecule has 0 spiro atoms. The number of carbonyl (C=O) groups is 1. The fourth-order valence-electron chi connectivity index (χ4n) is 3.44. The van der Waals surface area contributed by atoms with Gasteiger partial charge in [-0.05, 0) is 25.1 Å². The largest absolute Gasteiger partial charge is 0.395 e. The normalized spacial score (nSPS) is 14.4. The van der Waals surface area contributed by atoms with Crippen molar-refractivity contribution in [2.24, 2.45) is 0 Å². The van der Waals surface area contributed by atoms with Crippen LogP contribution in [0.5, 0.6) is 0 Å². The predicted molar refractivity (Wildman–Crippen MR) is 130 cm³/mol. The molecule has 1 aliphatic heterocycles. The highest BCUT2D eigenvalue weighted by Crippen LogP contribution is 2.26. The Kier molecular flexibility index (Phi) is 7.48. The third kappa shape index (κ3) is 6.02. The fraction of sp³-hybridized carbons (Fsp3) is 0.333. The van der Waals surface area contributed by atoms with Gasteiger partial charge in [-0.25, -0.2) is 19.3 Å². The molecule has 3 aromatic rings. The quantitative estimate of drug-likeness (QED) is 0.423. The van der Waals surface area contributed by atoms with E-state index in [4.69, 9.17) is 5.11 Å². The van der Waals surface area contributed by atoms with Crippen molar-refractivity contribution < 1.29 is 14.3 Å². The predicted octanol–water partition coefficient (Wildman–Crippen LogP) is 3.25. The van der Waals surface area contributed by atoms with Crippen molar-refractivity contribution in [3.8, 4) is 0 Å². The van der Waals surface area contributed by atoms with E-state index in [0.29, 0.717) is 32.7 Å². The monoisotopic (exact) mass is 535 g/mol. The van der Waals surface area contributed by atoms with E-state index >= 15 is 0 Å². The Bertz CT molecular complexity index is 1140. The molecule has 1 amide bonds. The van der Waals surface area contributed by atoms with Crippen LogP contribution in [0.25, 0.3) is 0 Å². The number of aliphatic hydroxyl groups is 1. The maximum absolute atomic E-state index is 14.0. The number of β-amino-alcohol motifs (C(OH)–C–C–N with tert-alkyl or cyclic N) is 1. The summed E-state index contributed by atoms with van der Waals surface area (Å²) < 4.78 is 14.6. The summed E-state index contributed by atoms with van der Waals surface area (Å²) >= 11 is 4.34. The smallest absolute Gasteiger partial charge is 0.267 e. The number of thiazole rings is 1. The van der Waals surface area contributed by atoms with E-state index in [9.17, 15) is 9.18 Å². The topological polar surface area (TPSA) is 107 Å². The number of halogens is 2. The number of aliphatic hydroxyl groups excluding tert-OH is 1. The molecule has 33 heavy (non-hydrogen) atoms. The molecule has 1 fully saturated rings. The van der Waals surface area contributed by atoms with Gasteiger partial charge in [-0.2, -0.15) is 0 Å². The standard InChI is InChI=1S/C21H23BrFN7O2S/c1-13-25-18(11-19(26-13)30-6-4-29(5-7-30)8-9-31)28-21-24-12-17(33-21)20(32)27-16-3-2-14(22)10-15(16)23/h2-3,10-12,31H,4-9H2,1H3,(H,27,32)(H,24,25,26,28). The van der Waals surface area contributed by atoms with Crippen LogP contribution >= 0.6 is 27.3 Å². The Morgan fingerprint density at radius 1 is 1.24 bits per heavy atom. The van der Waals surface area contributed by atoms with Gasteiger partial charge in [0, 0.05) is 43.3 Å². The third-order valence-corrected chi connectivity index (χ3v) is 6.49. The highest BCUT2D eigenvalue weighted by molar-refractivity contribution is 9.10. The fourth-order valence-corrected chi connectivity index (χ4v) is 4.49. The van der Waals surface area contributed by atoms with Crippen molar-refractivity contribution in [2.75, 3.05) is 54.9 Å². The van der Waals surface area contributed by atoms with Gasteiger partial charge >= 0.3 is 0 Å². The first-order chi connectivity index (χ1) is 15.9. The average Bonchev–Trinajstić information content (AvgIpc) is 3.24. The van der Waals surface area contributed by atoms with Crippen LogP contribution in [0.2, 0.25) is 0 Å². The minimum atomic E-state index is -0.526. The molecule has 4 rings (SSSR count). The van der Waals surface area contributed by atoms with Crippen molar-refractivity contribution in [3.05, 3.63) is 51.5 Å².